The maximum Gasteiger partial charge on any atom is 0.418 e. The van der Waals surface area contributed by atoms with E-state index in [1.165, 1.54) is 16.8 Å². The molecule has 0 spiro atoms. The minimum Gasteiger partial charge on any atom is -0.379 e. The van der Waals surface area contributed by atoms with Crippen molar-refractivity contribution in [2.24, 2.45) is 13.0 Å². The van der Waals surface area contributed by atoms with Crippen LogP contribution in [0.4, 0.5) is 18.9 Å². The first-order valence-electron chi connectivity index (χ1n) is 25.4. The lowest BCUT2D eigenvalue weighted by Gasteiger charge is -2.41. The number of hydrogen-bond acceptors (Lipinski definition) is 12. The van der Waals surface area contributed by atoms with E-state index in [1.54, 1.807) is 23.5 Å². The number of anilines is 1. The van der Waals surface area contributed by atoms with Crippen LogP contribution in [0.15, 0.2) is 72.0 Å². The predicted octanol–water partition coefficient (Wildman–Crippen LogP) is 4.02. The number of carbonyl (C=O) groups is 3. The number of halogens is 3. The van der Waals surface area contributed by atoms with Gasteiger partial charge in [-0.1, -0.05) is 12.1 Å². The van der Waals surface area contributed by atoms with Crippen LogP contribution in [0, 0.1) is 5.92 Å². The SMILES string of the molecule is Cn1cnnc1CC1(c2cccc(-n3cc4c(C(F)(F)F)cc(CN5CCC(OCCN6CCN(CC7CCN(c8ccc9c(c8)CN([C@@H]8CCC(=O)NC8=O)C9=O)CC7)CC6)CC5)cn4c3=O)c2)COC1. The molecule has 5 fully saturated rings. The number of piperazine rings is 1. The van der Waals surface area contributed by atoms with Crippen LogP contribution in [0.5, 0.6) is 0 Å². The van der Waals surface area contributed by atoms with Crippen LogP contribution in [-0.4, -0.2) is 158 Å². The molecule has 0 aliphatic carbocycles. The van der Waals surface area contributed by atoms with Gasteiger partial charge in [0.2, 0.25) is 11.8 Å². The zero-order chi connectivity index (χ0) is 49.7. The van der Waals surface area contributed by atoms with Gasteiger partial charge in [0, 0.05) is 127 Å². The number of rotatable bonds is 14. The van der Waals surface area contributed by atoms with Gasteiger partial charge >= 0.3 is 11.9 Å². The average Bonchev–Trinajstić information content (AvgIpc) is 4.03. The fourth-order valence-corrected chi connectivity index (χ4v) is 11.8. The summed E-state index contributed by atoms with van der Waals surface area (Å²) in [5.41, 5.74) is 2.52. The fourth-order valence-electron chi connectivity index (χ4n) is 11.8. The number of likely N-dealkylation sites (tertiary alicyclic amines) is 1. The number of fused-ring (bicyclic) bond motifs is 2. The van der Waals surface area contributed by atoms with Crippen molar-refractivity contribution in [3.63, 3.8) is 0 Å². The van der Waals surface area contributed by atoms with Gasteiger partial charge in [0.25, 0.3) is 5.91 Å². The molecule has 1 atom stereocenters. The predicted molar refractivity (Wildman–Crippen MR) is 260 cm³/mol. The molecule has 5 aromatic rings. The maximum atomic E-state index is 14.7. The number of hydrogen-bond donors (Lipinski definition) is 1. The molecule has 6 aliphatic heterocycles. The molecule has 9 heterocycles. The molecular formula is C52H62F3N11O6. The van der Waals surface area contributed by atoms with E-state index in [4.69, 9.17) is 9.47 Å². The molecule has 72 heavy (non-hydrogen) atoms. The van der Waals surface area contributed by atoms with Gasteiger partial charge in [-0.3, -0.25) is 38.5 Å². The number of alkyl halides is 3. The van der Waals surface area contributed by atoms with Crippen LogP contribution < -0.4 is 15.9 Å². The van der Waals surface area contributed by atoms with Gasteiger partial charge in [-0.25, -0.2) is 4.79 Å². The third kappa shape index (κ3) is 9.82. The fraction of sp³-hybridized carbons (Fsp3) is 0.538. The topological polar surface area (TPSA) is 155 Å². The Bertz CT molecular complexity index is 2890. The van der Waals surface area contributed by atoms with E-state index >= 15 is 0 Å². The zero-order valence-electron chi connectivity index (χ0n) is 40.7. The van der Waals surface area contributed by atoms with Crippen LogP contribution in [-0.2, 0) is 57.2 Å². The molecule has 0 unspecified atom stereocenters. The third-order valence-electron chi connectivity index (χ3n) is 16.1. The van der Waals surface area contributed by atoms with Gasteiger partial charge in [0.15, 0.2) is 0 Å². The quantitative estimate of drug-likeness (QED) is 0.160. The second kappa shape index (κ2) is 19.8. The average molecular weight is 994 g/mol. The molecule has 3 aromatic heterocycles. The standard InChI is InChI=1S/C52H62F3N11O6/c1-59-34-56-58-46(59)26-51(32-71-33-51)38-3-2-4-40(25-38)64-31-45-43(52(53,54)55)23-36(29-66(45)50(64)70)28-61-13-11-41(12-14-61)72-22-21-60-17-19-62(20-18-60)27-35-9-15-63(16-10-35)39-5-6-42-37(24-39)30-65(49(42)69)44-7-8-47(67)57-48(44)68/h2-6,23-25,29,31,34-35,41,44H,7-22,26-28,30,32-33H2,1H3,(H,57,67,68)/t44-/m1/s1. The van der Waals surface area contributed by atoms with Crippen LogP contribution in [0.25, 0.3) is 11.2 Å². The Balaban J connectivity index is 0.619. The van der Waals surface area contributed by atoms with E-state index in [-0.39, 0.29) is 29.9 Å². The molecule has 3 amide bonds. The normalized spacial score (nSPS) is 21.9. The first-order chi connectivity index (χ1) is 34.8. The van der Waals surface area contributed by atoms with E-state index in [2.05, 4.69) is 41.2 Å². The van der Waals surface area contributed by atoms with E-state index < -0.39 is 34.8 Å². The maximum absolute atomic E-state index is 14.7. The Kier molecular flexibility index (Phi) is 13.3. The highest BCUT2D eigenvalue weighted by Crippen LogP contribution is 2.38. The molecule has 382 valence electrons. The summed E-state index contributed by atoms with van der Waals surface area (Å²) in [4.78, 5) is 62.5. The molecule has 11 rings (SSSR count). The summed E-state index contributed by atoms with van der Waals surface area (Å²) in [7, 11) is 1.88. The van der Waals surface area contributed by atoms with Gasteiger partial charge in [0.1, 0.15) is 18.2 Å². The summed E-state index contributed by atoms with van der Waals surface area (Å²) in [5.74, 6) is 0.586. The van der Waals surface area contributed by atoms with Crippen molar-refractivity contribution in [2.45, 2.75) is 81.8 Å². The number of imidazole rings is 1. The Hall–Kier alpha value is -5.93. The highest BCUT2D eigenvalue weighted by molar-refractivity contribution is 6.05. The Labute approximate surface area is 415 Å². The third-order valence-corrected chi connectivity index (χ3v) is 16.1. The van der Waals surface area contributed by atoms with Crippen molar-refractivity contribution in [1.82, 2.24) is 48.6 Å². The number of benzene rings is 2. The number of nitrogens with one attached hydrogen (secondary N) is 1. The first kappa shape index (κ1) is 48.3. The van der Waals surface area contributed by atoms with Crippen LogP contribution in [0.1, 0.15) is 77.0 Å². The number of amides is 3. The lowest BCUT2D eigenvalue weighted by atomic mass is 9.75. The number of aromatic nitrogens is 5. The number of carbonyl (C=O) groups excluding carboxylic acids is 3. The zero-order valence-corrected chi connectivity index (χ0v) is 40.7. The number of pyridine rings is 1. The van der Waals surface area contributed by atoms with Gasteiger partial charge in [0.05, 0.1) is 42.7 Å². The van der Waals surface area contributed by atoms with Crippen LogP contribution in [0.2, 0.25) is 0 Å². The van der Waals surface area contributed by atoms with Gasteiger partial charge < -0.3 is 28.7 Å². The summed E-state index contributed by atoms with van der Waals surface area (Å²) in [6.45, 7) is 11.5. The summed E-state index contributed by atoms with van der Waals surface area (Å²) in [6, 6.07) is 14.0. The van der Waals surface area contributed by atoms with E-state index in [0.29, 0.717) is 81.6 Å². The lowest BCUT2D eigenvalue weighted by Crippen LogP contribution is -2.52. The minimum atomic E-state index is -4.66. The summed E-state index contributed by atoms with van der Waals surface area (Å²) >= 11 is 0. The number of aryl methyl sites for hydroxylation is 1. The van der Waals surface area contributed by atoms with E-state index in [9.17, 15) is 32.3 Å². The molecule has 20 heteroatoms. The molecule has 17 nitrogen and oxygen atoms in total. The largest absolute Gasteiger partial charge is 0.418 e. The van der Waals surface area contributed by atoms with E-state index in [0.717, 1.165) is 105 Å². The Morgan fingerprint density at radius 1 is 0.847 bits per heavy atom. The monoisotopic (exact) mass is 993 g/mol. The molecule has 0 radical (unpaired) electrons. The second-order valence-corrected chi connectivity index (χ2v) is 20.8. The molecule has 5 saturated heterocycles. The molecule has 6 aliphatic rings. The lowest BCUT2D eigenvalue weighted by molar-refractivity contribution is -0.137. The molecule has 2 aromatic carbocycles. The van der Waals surface area contributed by atoms with Gasteiger partial charge in [-0.2, -0.15) is 13.2 Å². The number of ether oxygens (including phenoxy) is 2. The van der Waals surface area contributed by atoms with Crippen molar-refractivity contribution in [3.05, 3.63) is 111 Å². The number of imide groups is 1. The number of nitrogens with zero attached hydrogens (tertiary/aromatic N) is 10. The van der Waals surface area contributed by atoms with Gasteiger partial charge in [-0.15, -0.1) is 10.2 Å². The van der Waals surface area contributed by atoms with Crippen LogP contribution in [0.3, 0.4) is 0 Å². The smallest absolute Gasteiger partial charge is 0.379 e. The second-order valence-electron chi connectivity index (χ2n) is 20.8. The summed E-state index contributed by atoms with van der Waals surface area (Å²) < 4.78 is 60.3. The molecular weight excluding hydrogens is 932 g/mol. The Morgan fingerprint density at radius 3 is 2.33 bits per heavy atom. The first-order valence-corrected chi connectivity index (χ1v) is 25.4. The van der Waals surface area contributed by atoms with Crippen molar-refractivity contribution >= 4 is 28.9 Å². The summed E-state index contributed by atoms with van der Waals surface area (Å²) in [5, 5.41) is 10.6. The van der Waals surface area contributed by atoms with Crippen molar-refractivity contribution in [3.8, 4) is 5.69 Å². The van der Waals surface area contributed by atoms with Crippen molar-refractivity contribution < 1.29 is 37.0 Å². The van der Waals surface area contributed by atoms with Gasteiger partial charge in [-0.05, 0) is 91.1 Å². The van der Waals surface area contributed by atoms with Crippen molar-refractivity contribution in [1.29, 1.82) is 0 Å². The highest BCUT2D eigenvalue weighted by atomic mass is 19.4. The van der Waals surface area contributed by atoms with Crippen LogP contribution >= 0.6 is 0 Å². The van der Waals surface area contributed by atoms with E-state index in [1.807, 2.05) is 41.9 Å². The summed E-state index contributed by atoms with van der Waals surface area (Å²) in [6.07, 6.45) is 4.85. The molecule has 1 N–H and O–H groups in total. The highest BCUT2D eigenvalue weighted by Gasteiger charge is 2.43. The minimum absolute atomic E-state index is 0.0897. The molecule has 0 bridgehead atoms. The van der Waals surface area contributed by atoms with Crippen molar-refractivity contribution in [2.75, 3.05) is 90.2 Å². The number of piperidine rings is 3. The molecule has 0 saturated carbocycles. The Morgan fingerprint density at radius 2 is 1.62 bits per heavy atom.